The summed E-state index contributed by atoms with van der Waals surface area (Å²) >= 11 is 0. The zero-order valence-corrected chi connectivity index (χ0v) is 81.1. The number of hydrogen-bond donors (Lipinski definition) is 0. The van der Waals surface area contributed by atoms with Gasteiger partial charge in [0.25, 0.3) is 0 Å². The van der Waals surface area contributed by atoms with Crippen LogP contribution >= 0.6 is 0 Å². The molecular formula is C136H88N14. The van der Waals surface area contributed by atoms with Crippen LogP contribution in [0.2, 0.25) is 0 Å². The molecule has 0 amide bonds. The van der Waals surface area contributed by atoms with Gasteiger partial charge in [-0.1, -0.05) is 406 Å². The van der Waals surface area contributed by atoms with E-state index in [9.17, 15) is 0 Å². The van der Waals surface area contributed by atoms with Crippen LogP contribution in [0.15, 0.2) is 534 Å². The number of benzene rings is 21. The normalized spacial score (nSPS) is 11.6. The van der Waals surface area contributed by atoms with Crippen molar-refractivity contribution in [1.29, 1.82) is 0 Å². The van der Waals surface area contributed by atoms with Gasteiger partial charge < -0.3 is 22.8 Å². The third kappa shape index (κ3) is 15.2. The lowest BCUT2D eigenvalue weighted by molar-refractivity contribution is 0.953. The van der Waals surface area contributed by atoms with Gasteiger partial charge in [-0.05, 0) is 139 Å². The first-order valence-corrected chi connectivity index (χ1v) is 50.5. The first kappa shape index (κ1) is 87.3. The van der Waals surface area contributed by atoms with Crippen LogP contribution in [0.25, 0.3) is 267 Å². The third-order valence-electron chi connectivity index (χ3n) is 28.9. The third-order valence-corrected chi connectivity index (χ3v) is 28.9. The molecule has 0 radical (unpaired) electrons. The minimum absolute atomic E-state index is 0.585. The molecule has 9 heterocycles. The first-order chi connectivity index (χ1) is 74.4. The second-order valence-electron chi connectivity index (χ2n) is 37.6. The molecule has 21 aromatic carbocycles. The Labute approximate surface area is 862 Å². The second-order valence-corrected chi connectivity index (χ2v) is 37.6. The molecule has 150 heavy (non-hydrogen) atoms. The van der Waals surface area contributed by atoms with E-state index in [-0.39, 0.29) is 0 Å². The molecule has 702 valence electrons. The van der Waals surface area contributed by atoms with Crippen LogP contribution in [-0.2, 0) is 0 Å². The average molecular weight is 1920 g/mol. The SMILES string of the molecule is c1ccc(-c2ccc(-c3cc(-c4ccccc4)nc(-c4ccc(-n5c6ccccc6c6ccc7c8ccccc8n(-c8ccccc8)c7c65)cc4)n3)cc2)cc1.c1ccc(-c2nc(-c3ccccc3)nc(-c3ccc(-n4c5ccccc5c5ccc6c7ccccc7n(-c7ccccc7)c6c54)cc3)n2)cc1.c1ccc(-c2nc(-c3ccccc3)nc(-n3c4ccccc4c4ccc5c6ccccc6n(-c6ccccc6)c5c43)n2)cc1. The summed E-state index contributed by atoms with van der Waals surface area (Å²) in [6.07, 6.45) is 0. The Morgan fingerprint density at radius 3 is 0.560 bits per heavy atom. The van der Waals surface area contributed by atoms with Gasteiger partial charge in [0.1, 0.15) is 0 Å². The molecule has 0 N–H and O–H groups in total. The van der Waals surface area contributed by atoms with Crippen LogP contribution in [0, 0.1) is 0 Å². The maximum Gasteiger partial charge on any atom is 0.238 e. The summed E-state index contributed by atoms with van der Waals surface area (Å²) in [5.41, 5.74) is 31.3. The van der Waals surface area contributed by atoms with Gasteiger partial charge in [0.15, 0.2) is 34.9 Å². The molecule has 0 spiro atoms. The van der Waals surface area contributed by atoms with Crippen LogP contribution in [0.1, 0.15) is 0 Å². The summed E-state index contributed by atoms with van der Waals surface area (Å²) in [7, 11) is 0. The summed E-state index contributed by atoms with van der Waals surface area (Å²) in [5, 5.41) is 14.5. The molecule has 14 heteroatoms. The van der Waals surface area contributed by atoms with E-state index < -0.39 is 0 Å². The van der Waals surface area contributed by atoms with Crippen molar-refractivity contribution in [2.24, 2.45) is 0 Å². The number of aromatic nitrogens is 14. The highest BCUT2D eigenvalue weighted by molar-refractivity contribution is 6.27. The maximum atomic E-state index is 5.18. The Balaban J connectivity index is 0.000000109. The van der Waals surface area contributed by atoms with Crippen molar-refractivity contribution in [3.8, 4) is 136 Å². The monoisotopic (exact) mass is 1920 g/mol. The summed E-state index contributed by atoms with van der Waals surface area (Å²) in [5.74, 6) is 4.48. The van der Waals surface area contributed by atoms with Crippen molar-refractivity contribution >= 4 is 131 Å². The standard InChI is InChI=1S/C52H34N4.C45H29N5.C39H25N5/c1-4-14-35(15-5-1)36-24-26-38(27-25-36)47-34-46(37-16-6-2-7-17-37)53-52(54-47)39-28-30-41(31-29-39)56-49-23-13-11-21-43(49)45-33-32-44-42-20-10-12-22-48(42)55(50(44)51(45)56)40-18-8-3-9-19-40;1-4-14-30(15-5-1)43-46-44(31-16-6-2-7-17-31)48-45(47-43)32-24-26-34(27-25-32)50-40-23-13-11-21-36(40)38-29-28-37-35-20-10-12-22-39(35)49(41(37)42(38)50)33-18-8-3-9-19-33;1-4-14-26(15-5-1)37-40-38(27-16-6-2-7-17-27)42-39(41-37)44-34-23-13-11-21-30(34)32-25-24-31-29-20-10-12-22-33(29)43(35(31)36(32)44)28-18-8-3-9-19-28/h1-34H;1-29H;1-25H. The number of nitrogens with zero attached hydrogens (tertiary/aromatic N) is 14. The molecule has 14 nitrogen and oxygen atoms in total. The molecule has 0 saturated heterocycles. The zero-order valence-electron chi connectivity index (χ0n) is 81.1. The van der Waals surface area contributed by atoms with E-state index in [4.69, 9.17) is 39.9 Å². The number of rotatable bonds is 15. The Bertz CT molecular complexity index is 10300. The highest BCUT2D eigenvalue weighted by atomic mass is 15.2. The highest BCUT2D eigenvalue weighted by Gasteiger charge is 2.29. The molecule has 30 aromatic rings. The van der Waals surface area contributed by atoms with Gasteiger partial charge in [-0.2, -0.15) is 9.97 Å². The smallest absolute Gasteiger partial charge is 0.238 e. The number of fused-ring (bicyclic) bond motifs is 21. The van der Waals surface area contributed by atoms with Crippen LogP contribution in [0.5, 0.6) is 0 Å². The van der Waals surface area contributed by atoms with E-state index in [0.717, 1.165) is 128 Å². The largest absolute Gasteiger partial charge is 0.307 e. The van der Waals surface area contributed by atoms with E-state index in [1.807, 2.05) is 133 Å². The topological polar surface area (TPSA) is 133 Å². The van der Waals surface area contributed by atoms with Crippen molar-refractivity contribution in [1.82, 2.24) is 67.3 Å². The Morgan fingerprint density at radius 2 is 0.287 bits per heavy atom. The zero-order chi connectivity index (χ0) is 99.1. The molecule has 0 fully saturated rings. The quantitative estimate of drug-likeness (QED) is 0.0991. The second kappa shape index (κ2) is 37.0. The van der Waals surface area contributed by atoms with Gasteiger partial charge in [0.05, 0.1) is 77.6 Å². The van der Waals surface area contributed by atoms with E-state index in [1.54, 1.807) is 0 Å². The summed E-state index contributed by atoms with van der Waals surface area (Å²) < 4.78 is 14.3. The average Bonchev–Trinajstić information content (AvgIpc) is 1.55. The molecule has 0 aliphatic rings. The van der Waals surface area contributed by atoms with Crippen LogP contribution in [0.4, 0.5) is 0 Å². The maximum absolute atomic E-state index is 5.18. The van der Waals surface area contributed by atoms with Crippen LogP contribution in [0.3, 0.4) is 0 Å². The lowest BCUT2D eigenvalue weighted by Crippen LogP contribution is -2.07. The number of hydrogen-bond acceptors (Lipinski definition) is 8. The van der Waals surface area contributed by atoms with Crippen molar-refractivity contribution in [2.45, 2.75) is 0 Å². The molecule has 0 bridgehead atoms. The van der Waals surface area contributed by atoms with Gasteiger partial charge >= 0.3 is 0 Å². The van der Waals surface area contributed by atoms with Gasteiger partial charge in [-0.15, -0.1) is 0 Å². The van der Waals surface area contributed by atoms with Crippen molar-refractivity contribution < 1.29 is 0 Å². The fourth-order valence-corrected chi connectivity index (χ4v) is 22.1. The fraction of sp³-hybridized carbons (Fsp3) is 0. The number of para-hydroxylation sites is 9. The molecule has 0 aliphatic heterocycles. The van der Waals surface area contributed by atoms with Crippen molar-refractivity contribution in [3.63, 3.8) is 0 Å². The van der Waals surface area contributed by atoms with Crippen LogP contribution < -0.4 is 0 Å². The molecule has 0 saturated carbocycles. The van der Waals surface area contributed by atoms with Crippen molar-refractivity contribution in [3.05, 3.63) is 534 Å². The molecule has 0 unspecified atom stereocenters. The highest BCUT2D eigenvalue weighted by Crippen LogP contribution is 2.48. The lowest BCUT2D eigenvalue weighted by Gasteiger charge is -2.13. The van der Waals surface area contributed by atoms with Gasteiger partial charge in [0.2, 0.25) is 5.95 Å². The predicted octanol–water partition coefficient (Wildman–Crippen LogP) is 33.8. The van der Waals surface area contributed by atoms with E-state index in [1.165, 1.54) is 98.1 Å². The molecular weight excluding hydrogens is 1830 g/mol. The Hall–Kier alpha value is -20.5. The summed E-state index contributed by atoms with van der Waals surface area (Å²) in [6, 6.07) is 187. The molecule has 30 rings (SSSR count). The van der Waals surface area contributed by atoms with E-state index in [0.29, 0.717) is 40.9 Å². The minimum atomic E-state index is 0.585. The van der Waals surface area contributed by atoms with Crippen LogP contribution in [-0.4, -0.2) is 67.3 Å². The molecule has 0 aliphatic carbocycles. The summed E-state index contributed by atoms with van der Waals surface area (Å²) in [6.45, 7) is 0. The Kier molecular flexibility index (Phi) is 21.6. The first-order valence-electron chi connectivity index (χ1n) is 50.5. The fourth-order valence-electron chi connectivity index (χ4n) is 22.1. The van der Waals surface area contributed by atoms with Gasteiger partial charge in [-0.25, -0.2) is 29.9 Å². The van der Waals surface area contributed by atoms with Gasteiger partial charge in [-0.3, -0.25) is 4.57 Å². The summed E-state index contributed by atoms with van der Waals surface area (Å²) in [4.78, 5) is 40.4. The Morgan fingerprint density at radius 1 is 0.113 bits per heavy atom. The lowest BCUT2D eigenvalue weighted by atomic mass is 10.0. The van der Waals surface area contributed by atoms with E-state index >= 15 is 0 Å². The minimum Gasteiger partial charge on any atom is -0.307 e. The molecule has 0 atom stereocenters. The predicted molar refractivity (Wildman–Crippen MR) is 617 cm³/mol. The van der Waals surface area contributed by atoms with E-state index in [2.05, 4.69) is 428 Å². The molecule has 9 aromatic heterocycles. The van der Waals surface area contributed by atoms with Crippen molar-refractivity contribution in [2.75, 3.05) is 0 Å². The van der Waals surface area contributed by atoms with Gasteiger partial charge in [0, 0.05) is 138 Å².